The molecule has 0 fully saturated rings. The number of nitrogens with zero attached hydrogens (tertiary/aromatic N) is 1. The fourth-order valence-corrected chi connectivity index (χ4v) is 1.46. The topological polar surface area (TPSA) is 74.9 Å². The second-order valence-electron chi connectivity index (χ2n) is 3.21. The summed E-state index contributed by atoms with van der Waals surface area (Å²) in [6, 6.07) is 5.89. The number of benzene rings is 1. The Morgan fingerprint density at radius 3 is 3.00 bits per heavy atom. The van der Waals surface area contributed by atoms with Crippen LogP contribution in [0.25, 0.3) is 11.0 Å². The van der Waals surface area contributed by atoms with Crippen LogP contribution in [-0.2, 0) is 13.0 Å². The lowest BCUT2D eigenvalue weighted by Gasteiger charge is -1.94. The Morgan fingerprint density at radius 2 is 2.29 bits per heavy atom. The first kappa shape index (κ1) is 9.18. The van der Waals surface area contributed by atoms with Gasteiger partial charge in [0.05, 0.1) is 17.6 Å². The molecule has 0 spiro atoms. The lowest BCUT2D eigenvalue weighted by molar-refractivity contribution is 0.297. The van der Waals surface area contributed by atoms with Crippen molar-refractivity contribution in [1.82, 2.24) is 9.97 Å². The Bertz CT molecular complexity index is 436. The van der Waals surface area contributed by atoms with Crippen molar-refractivity contribution >= 4 is 11.0 Å². The van der Waals surface area contributed by atoms with Crippen LogP contribution in [0.4, 0.5) is 0 Å². The van der Waals surface area contributed by atoms with Crippen LogP contribution in [0.1, 0.15) is 11.4 Å². The van der Waals surface area contributed by atoms with Crippen LogP contribution >= 0.6 is 0 Å². The van der Waals surface area contributed by atoms with E-state index >= 15 is 0 Å². The average molecular weight is 191 g/mol. The predicted octanol–water partition coefficient (Wildman–Crippen LogP) is 0.556. The van der Waals surface area contributed by atoms with Gasteiger partial charge in [-0.1, -0.05) is 6.07 Å². The number of rotatable bonds is 3. The molecule has 2 rings (SSSR count). The van der Waals surface area contributed by atoms with Gasteiger partial charge in [0.25, 0.3) is 0 Å². The Morgan fingerprint density at radius 1 is 1.43 bits per heavy atom. The number of aromatic amines is 1. The molecule has 0 radical (unpaired) electrons. The molecule has 14 heavy (non-hydrogen) atoms. The van der Waals surface area contributed by atoms with E-state index < -0.39 is 0 Å². The van der Waals surface area contributed by atoms with Crippen molar-refractivity contribution in [2.75, 3.05) is 6.61 Å². The first-order chi connectivity index (χ1) is 6.83. The van der Waals surface area contributed by atoms with Crippen molar-refractivity contribution in [2.45, 2.75) is 13.0 Å². The van der Waals surface area contributed by atoms with Crippen molar-refractivity contribution in [3.8, 4) is 0 Å². The normalized spacial score (nSPS) is 11.0. The fraction of sp³-hybridized carbons (Fsp3) is 0.300. The Labute approximate surface area is 81.8 Å². The number of aliphatic hydroxyl groups excluding tert-OH is 1. The summed E-state index contributed by atoms with van der Waals surface area (Å²) in [6.45, 7) is 0.647. The van der Waals surface area contributed by atoms with Crippen molar-refractivity contribution in [3.05, 3.63) is 29.6 Å². The van der Waals surface area contributed by atoms with E-state index in [4.69, 9.17) is 10.8 Å². The van der Waals surface area contributed by atoms with E-state index in [1.54, 1.807) is 0 Å². The van der Waals surface area contributed by atoms with Crippen LogP contribution in [0, 0.1) is 0 Å². The Balaban J connectivity index is 2.43. The largest absolute Gasteiger partial charge is 0.396 e. The number of H-pyrrole nitrogens is 1. The number of nitrogens with two attached hydrogens (primary N) is 1. The summed E-state index contributed by atoms with van der Waals surface area (Å²) in [6.07, 6.45) is 0.562. The van der Waals surface area contributed by atoms with E-state index in [9.17, 15) is 0 Å². The molecule has 1 heterocycles. The van der Waals surface area contributed by atoms with Crippen LogP contribution in [0.3, 0.4) is 0 Å². The average Bonchev–Trinajstić information content (AvgIpc) is 2.59. The molecule has 4 nitrogen and oxygen atoms in total. The van der Waals surface area contributed by atoms with Gasteiger partial charge in [-0.15, -0.1) is 0 Å². The van der Waals surface area contributed by atoms with E-state index in [1.807, 2.05) is 18.2 Å². The maximum absolute atomic E-state index is 8.77. The maximum atomic E-state index is 8.77. The zero-order chi connectivity index (χ0) is 9.97. The Hall–Kier alpha value is -1.39. The summed E-state index contributed by atoms with van der Waals surface area (Å²) < 4.78 is 0. The van der Waals surface area contributed by atoms with Crippen molar-refractivity contribution in [2.24, 2.45) is 5.73 Å². The molecule has 0 aliphatic carbocycles. The number of hydrogen-bond acceptors (Lipinski definition) is 3. The molecule has 4 heteroatoms. The van der Waals surface area contributed by atoms with Gasteiger partial charge in [0.15, 0.2) is 0 Å². The van der Waals surface area contributed by atoms with Gasteiger partial charge in [-0.3, -0.25) is 0 Å². The van der Waals surface area contributed by atoms with Gasteiger partial charge in [0.1, 0.15) is 5.82 Å². The lowest BCUT2D eigenvalue weighted by Crippen LogP contribution is -1.95. The standard InChI is InChI=1S/C10H13N3O/c11-6-7-1-2-8-9(5-7)13-10(12-8)3-4-14/h1-2,5,14H,3-4,6,11H2,(H,12,13). The highest BCUT2D eigenvalue weighted by Crippen LogP contribution is 2.13. The second-order valence-corrected chi connectivity index (χ2v) is 3.21. The minimum atomic E-state index is 0.115. The van der Waals surface area contributed by atoms with Gasteiger partial charge in [-0.25, -0.2) is 4.98 Å². The third kappa shape index (κ3) is 1.62. The smallest absolute Gasteiger partial charge is 0.109 e. The number of nitrogens with one attached hydrogen (secondary N) is 1. The summed E-state index contributed by atoms with van der Waals surface area (Å²) in [5.41, 5.74) is 8.52. The zero-order valence-corrected chi connectivity index (χ0v) is 7.83. The van der Waals surface area contributed by atoms with Gasteiger partial charge >= 0.3 is 0 Å². The van der Waals surface area contributed by atoms with Crippen molar-refractivity contribution in [3.63, 3.8) is 0 Å². The van der Waals surface area contributed by atoms with E-state index in [1.165, 1.54) is 0 Å². The van der Waals surface area contributed by atoms with E-state index in [2.05, 4.69) is 9.97 Å². The van der Waals surface area contributed by atoms with Crippen LogP contribution in [0.2, 0.25) is 0 Å². The van der Waals surface area contributed by atoms with Gasteiger partial charge < -0.3 is 15.8 Å². The molecule has 4 N–H and O–H groups in total. The molecule has 0 aliphatic rings. The van der Waals surface area contributed by atoms with Gasteiger partial charge in [-0.2, -0.15) is 0 Å². The third-order valence-electron chi connectivity index (χ3n) is 2.18. The van der Waals surface area contributed by atoms with E-state index in [0.29, 0.717) is 13.0 Å². The van der Waals surface area contributed by atoms with Gasteiger partial charge in [0.2, 0.25) is 0 Å². The van der Waals surface area contributed by atoms with Crippen molar-refractivity contribution < 1.29 is 5.11 Å². The molecule has 0 amide bonds. The number of hydrogen-bond donors (Lipinski definition) is 3. The first-order valence-corrected chi connectivity index (χ1v) is 4.62. The minimum Gasteiger partial charge on any atom is -0.396 e. The lowest BCUT2D eigenvalue weighted by atomic mass is 10.2. The molecule has 0 saturated carbocycles. The maximum Gasteiger partial charge on any atom is 0.109 e. The first-order valence-electron chi connectivity index (χ1n) is 4.62. The number of fused-ring (bicyclic) bond motifs is 1. The zero-order valence-electron chi connectivity index (χ0n) is 7.83. The quantitative estimate of drug-likeness (QED) is 0.663. The molecule has 0 saturated heterocycles. The molecule has 2 aromatic rings. The highest BCUT2D eigenvalue weighted by Gasteiger charge is 2.02. The summed E-state index contributed by atoms with van der Waals surface area (Å²) in [4.78, 5) is 7.47. The van der Waals surface area contributed by atoms with Crippen molar-refractivity contribution in [1.29, 1.82) is 0 Å². The van der Waals surface area contributed by atoms with Crippen LogP contribution in [0.15, 0.2) is 18.2 Å². The molecule has 74 valence electrons. The summed E-state index contributed by atoms with van der Waals surface area (Å²) in [7, 11) is 0. The third-order valence-corrected chi connectivity index (χ3v) is 2.18. The van der Waals surface area contributed by atoms with E-state index in [-0.39, 0.29) is 6.61 Å². The number of aromatic nitrogens is 2. The molecule has 0 aliphatic heterocycles. The molecule has 0 unspecified atom stereocenters. The van der Waals surface area contributed by atoms with Crippen LogP contribution in [-0.4, -0.2) is 21.7 Å². The molecule has 0 bridgehead atoms. The second kappa shape index (κ2) is 3.77. The Kier molecular flexibility index (Phi) is 2.47. The molecule has 1 aromatic carbocycles. The molecule has 0 atom stereocenters. The molecule has 1 aromatic heterocycles. The monoisotopic (exact) mass is 191 g/mol. The van der Waals surface area contributed by atoms with Crippen LogP contribution < -0.4 is 5.73 Å². The van der Waals surface area contributed by atoms with E-state index in [0.717, 1.165) is 22.4 Å². The van der Waals surface area contributed by atoms with Gasteiger partial charge in [0, 0.05) is 13.0 Å². The summed E-state index contributed by atoms with van der Waals surface area (Å²) >= 11 is 0. The predicted molar refractivity (Wildman–Crippen MR) is 54.8 cm³/mol. The highest BCUT2D eigenvalue weighted by molar-refractivity contribution is 5.75. The summed E-state index contributed by atoms with van der Waals surface area (Å²) in [5, 5.41) is 8.77. The number of imidazole rings is 1. The minimum absolute atomic E-state index is 0.115. The summed E-state index contributed by atoms with van der Waals surface area (Å²) in [5.74, 6) is 0.816. The molecular formula is C10H13N3O. The van der Waals surface area contributed by atoms with Gasteiger partial charge in [-0.05, 0) is 17.7 Å². The number of aliphatic hydroxyl groups is 1. The SMILES string of the molecule is NCc1ccc2nc(CCO)[nH]c2c1. The fourth-order valence-electron chi connectivity index (χ4n) is 1.46. The van der Waals surface area contributed by atoms with Crippen LogP contribution in [0.5, 0.6) is 0 Å². The molecular weight excluding hydrogens is 178 g/mol. The highest BCUT2D eigenvalue weighted by atomic mass is 16.3.